The Bertz CT molecular complexity index is 627. The molecule has 0 spiro atoms. The van der Waals surface area contributed by atoms with Crippen molar-refractivity contribution in [2.45, 2.75) is 18.0 Å². The first-order chi connectivity index (χ1) is 9.11. The van der Waals surface area contributed by atoms with Crippen molar-refractivity contribution in [1.82, 2.24) is 19.7 Å². The highest BCUT2D eigenvalue weighted by atomic mass is 32.2. The number of thiazole rings is 1. The summed E-state index contributed by atoms with van der Waals surface area (Å²) in [5.74, 6) is -0.770. The van der Waals surface area contributed by atoms with Gasteiger partial charge in [-0.2, -0.15) is 5.26 Å². The molecule has 6 nitrogen and oxygen atoms in total. The van der Waals surface area contributed by atoms with Crippen molar-refractivity contribution >= 4 is 28.9 Å². The van der Waals surface area contributed by atoms with Crippen molar-refractivity contribution in [3.8, 4) is 6.07 Å². The molecule has 0 unspecified atom stereocenters. The molecule has 2 rings (SSSR count). The van der Waals surface area contributed by atoms with Gasteiger partial charge >= 0.3 is 0 Å². The van der Waals surface area contributed by atoms with E-state index in [1.807, 2.05) is 18.4 Å². The molecule has 0 fully saturated rings. The Labute approximate surface area is 118 Å². The SMILES string of the molecule is Cc1csc([C@H](C#N)C(=O)CSc2nncn2C)n1. The zero-order chi connectivity index (χ0) is 13.8. The third-order valence-corrected chi connectivity index (χ3v) is 4.43. The summed E-state index contributed by atoms with van der Waals surface area (Å²) in [6.07, 6.45) is 1.57. The third kappa shape index (κ3) is 3.19. The quantitative estimate of drug-likeness (QED) is 0.778. The summed E-state index contributed by atoms with van der Waals surface area (Å²) >= 11 is 2.61. The standard InChI is InChI=1S/C11H11N5OS2/c1-7-4-18-10(14-7)8(3-12)9(17)5-19-11-15-13-6-16(11)2/h4,6,8H,5H2,1-2H3/t8-/m1/s1. The second kappa shape index (κ2) is 5.95. The molecule has 2 aromatic rings. The van der Waals surface area contributed by atoms with Gasteiger partial charge in [0.1, 0.15) is 11.3 Å². The van der Waals surface area contributed by atoms with Crippen LogP contribution < -0.4 is 0 Å². The number of aromatic nitrogens is 4. The number of rotatable bonds is 5. The van der Waals surface area contributed by atoms with E-state index in [1.165, 1.54) is 23.1 Å². The number of hydrogen-bond acceptors (Lipinski definition) is 7. The molecule has 8 heteroatoms. The maximum Gasteiger partial charge on any atom is 0.191 e. The second-order valence-corrected chi connectivity index (χ2v) is 5.70. The van der Waals surface area contributed by atoms with Gasteiger partial charge in [-0.05, 0) is 6.92 Å². The van der Waals surface area contributed by atoms with E-state index in [0.717, 1.165) is 5.69 Å². The molecule has 0 aliphatic heterocycles. The van der Waals surface area contributed by atoms with E-state index in [0.29, 0.717) is 10.2 Å². The number of carbonyl (C=O) groups excluding carboxylic acids is 1. The number of ketones is 1. The summed E-state index contributed by atoms with van der Waals surface area (Å²) in [7, 11) is 1.80. The van der Waals surface area contributed by atoms with Crippen LogP contribution in [0, 0.1) is 18.3 Å². The average Bonchev–Trinajstić information content (AvgIpc) is 2.97. The molecule has 0 aliphatic carbocycles. The van der Waals surface area contributed by atoms with E-state index >= 15 is 0 Å². The lowest BCUT2D eigenvalue weighted by Crippen LogP contribution is -2.13. The van der Waals surface area contributed by atoms with Crippen LogP contribution in [0.1, 0.15) is 16.6 Å². The van der Waals surface area contributed by atoms with Gasteiger partial charge in [-0.1, -0.05) is 11.8 Å². The molecule has 0 amide bonds. The zero-order valence-electron chi connectivity index (χ0n) is 10.4. The van der Waals surface area contributed by atoms with Gasteiger partial charge in [0.15, 0.2) is 16.9 Å². The lowest BCUT2D eigenvalue weighted by Gasteiger charge is -2.04. The summed E-state index contributed by atoms with van der Waals surface area (Å²) in [4.78, 5) is 16.3. The molecule has 0 saturated heterocycles. The molecule has 0 radical (unpaired) electrons. The van der Waals surface area contributed by atoms with E-state index in [9.17, 15) is 4.79 Å². The van der Waals surface area contributed by atoms with Crippen LogP contribution in [0.15, 0.2) is 16.9 Å². The van der Waals surface area contributed by atoms with E-state index in [4.69, 9.17) is 5.26 Å². The fourth-order valence-electron chi connectivity index (χ4n) is 1.39. The molecule has 0 bridgehead atoms. The number of thioether (sulfide) groups is 1. The Balaban J connectivity index is 2.02. The van der Waals surface area contributed by atoms with Crippen LogP contribution in [-0.2, 0) is 11.8 Å². The zero-order valence-corrected chi connectivity index (χ0v) is 12.0. The van der Waals surface area contributed by atoms with Crippen LogP contribution in [0.5, 0.6) is 0 Å². The Morgan fingerprint density at radius 1 is 1.68 bits per heavy atom. The number of Topliss-reactive ketones (excluding diaryl/α,β-unsaturated/α-hetero) is 1. The molecule has 0 aliphatic rings. The minimum Gasteiger partial charge on any atom is -0.312 e. The third-order valence-electron chi connectivity index (χ3n) is 2.35. The Morgan fingerprint density at radius 3 is 3.00 bits per heavy atom. The highest BCUT2D eigenvalue weighted by Gasteiger charge is 2.23. The van der Waals surface area contributed by atoms with Crippen molar-refractivity contribution < 1.29 is 4.79 Å². The summed E-state index contributed by atoms with van der Waals surface area (Å²) < 4.78 is 1.73. The maximum absolute atomic E-state index is 12.1. The van der Waals surface area contributed by atoms with E-state index < -0.39 is 5.92 Å². The highest BCUT2D eigenvalue weighted by molar-refractivity contribution is 7.99. The van der Waals surface area contributed by atoms with Crippen LogP contribution in [0.25, 0.3) is 0 Å². The molecule has 0 N–H and O–H groups in total. The van der Waals surface area contributed by atoms with Crippen LogP contribution in [-0.4, -0.2) is 31.3 Å². The fourth-order valence-corrected chi connectivity index (χ4v) is 3.05. The van der Waals surface area contributed by atoms with Gasteiger partial charge in [0.25, 0.3) is 0 Å². The van der Waals surface area contributed by atoms with Crippen LogP contribution in [0.3, 0.4) is 0 Å². The van der Waals surface area contributed by atoms with Crippen molar-refractivity contribution in [3.63, 3.8) is 0 Å². The van der Waals surface area contributed by atoms with E-state index in [1.54, 1.807) is 17.9 Å². The first-order valence-corrected chi connectivity index (χ1v) is 7.29. The molecule has 2 heterocycles. The monoisotopic (exact) mass is 293 g/mol. The van der Waals surface area contributed by atoms with Gasteiger partial charge in [0.2, 0.25) is 0 Å². The molecular formula is C11H11N5OS2. The molecule has 98 valence electrons. The van der Waals surface area contributed by atoms with Crippen LogP contribution in [0.2, 0.25) is 0 Å². The molecule has 1 atom stereocenters. The minimum atomic E-state index is -0.792. The first kappa shape index (κ1) is 13.7. The molecule has 19 heavy (non-hydrogen) atoms. The molecule has 2 aromatic heterocycles. The van der Waals surface area contributed by atoms with Gasteiger partial charge in [-0.15, -0.1) is 21.5 Å². The smallest absolute Gasteiger partial charge is 0.191 e. The van der Waals surface area contributed by atoms with Gasteiger partial charge in [0.05, 0.1) is 11.8 Å². The lowest BCUT2D eigenvalue weighted by molar-refractivity contribution is -0.116. The normalized spacial score (nSPS) is 12.1. The molecular weight excluding hydrogens is 282 g/mol. The number of aryl methyl sites for hydroxylation is 2. The Kier molecular flexibility index (Phi) is 4.29. The van der Waals surface area contributed by atoms with Crippen molar-refractivity contribution in [3.05, 3.63) is 22.4 Å². The Morgan fingerprint density at radius 2 is 2.47 bits per heavy atom. The largest absolute Gasteiger partial charge is 0.312 e. The van der Waals surface area contributed by atoms with E-state index in [-0.39, 0.29) is 11.5 Å². The lowest BCUT2D eigenvalue weighted by atomic mass is 10.1. The van der Waals surface area contributed by atoms with Gasteiger partial charge in [-0.3, -0.25) is 4.79 Å². The van der Waals surface area contributed by atoms with Crippen molar-refractivity contribution in [1.29, 1.82) is 5.26 Å². The van der Waals surface area contributed by atoms with Crippen LogP contribution >= 0.6 is 23.1 Å². The van der Waals surface area contributed by atoms with E-state index in [2.05, 4.69) is 15.2 Å². The second-order valence-electron chi connectivity index (χ2n) is 3.87. The predicted molar refractivity (Wildman–Crippen MR) is 71.9 cm³/mol. The summed E-state index contributed by atoms with van der Waals surface area (Å²) in [5, 5.41) is 19.8. The topological polar surface area (TPSA) is 84.5 Å². The first-order valence-electron chi connectivity index (χ1n) is 5.43. The van der Waals surface area contributed by atoms with Crippen molar-refractivity contribution in [2.75, 3.05) is 5.75 Å². The number of carbonyl (C=O) groups is 1. The number of hydrogen-bond donors (Lipinski definition) is 0. The predicted octanol–water partition coefficient (Wildman–Crippen LogP) is 1.55. The van der Waals surface area contributed by atoms with Gasteiger partial charge < -0.3 is 4.57 Å². The summed E-state index contributed by atoms with van der Waals surface area (Å²) in [6.45, 7) is 1.84. The summed E-state index contributed by atoms with van der Waals surface area (Å²) in [5.41, 5.74) is 0.828. The highest BCUT2D eigenvalue weighted by Crippen LogP contribution is 2.23. The Hall–Kier alpha value is -1.72. The van der Waals surface area contributed by atoms with Gasteiger partial charge in [0, 0.05) is 18.1 Å². The molecule has 0 aromatic carbocycles. The molecule has 0 saturated carbocycles. The minimum absolute atomic E-state index is 0.162. The number of nitrogens with zero attached hydrogens (tertiary/aromatic N) is 5. The maximum atomic E-state index is 12.1. The average molecular weight is 293 g/mol. The fraction of sp³-hybridized carbons (Fsp3) is 0.364. The number of nitriles is 1. The van der Waals surface area contributed by atoms with Gasteiger partial charge in [-0.25, -0.2) is 4.98 Å². The van der Waals surface area contributed by atoms with Crippen molar-refractivity contribution in [2.24, 2.45) is 7.05 Å². The van der Waals surface area contributed by atoms with Crippen LogP contribution in [0.4, 0.5) is 0 Å². The summed E-state index contributed by atoms with van der Waals surface area (Å²) in [6, 6.07) is 2.02.